The number of hydrogen-bond donors (Lipinski definition) is 1. The predicted octanol–water partition coefficient (Wildman–Crippen LogP) is 1.80. The van der Waals surface area contributed by atoms with E-state index >= 15 is 0 Å². The fourth-order valence-electron chi connectivity index (χ4n) is 2.31. The smallest absolute Gasteiger partial charge is 0.231 e. The molecule has 1 aliphatic carbocycles. The largest absolute Gasteiger partial charge is 0.339 e. The summed E-state index contributed by atoms with van der Waals surface area (Å²) in [6.45, 7) is 2.12. The second-order valence-electron chi connectivity index (χ2n) is 4.66. The molecule has 3 rings (SSSR count). The summed E-state index contributed by atoms with van der Waals surface area (Å²) in [5.74, 6) is 2.82. The lowest BCUT2D eigenvalue weighted by Gasteiger charge is -2.21. The molecule has 0 radical (unpaired) electrons. The zero-order chi connectivity index (χ0) is 10.1. The van der Waals surface area contributed by atoms with E-state index in [1.165, 1.54) is 32.1 Å². The highest BCUT2D eigenvalue weighted by molar-refractivity contribution is 5.03. The molecule has 15 heavy (non-hydrogen) atoms. The van der Waals surface area contributed by atoms with Gasteiger partial charge in [0.15, 0.2) is 5.82 Å². The summed E-state index contributed by atoms with van der Waals surface area (Å²) in [5, 5.41) is 7.47. The fourth-order valence-corrected chi connectivity index (χ4v) is 2.31. The third kappa shape index (κ3) is 1.78. The first-order valence-corrected chi connectivity index (χ1v) is 5.97. The third-order valence-electron chi connectivity index (χ3n) is 3.57. The first-order valence-electron chi connectivity index (χ1n) is 5.97. The van der Waals surface area contributed by atoms with Gasteiger partial charge in [-0.3, -0.25) is 0 Å². The normalized spacial score (nSPS) is 27.6. The molecule has 1 aromatic rings. The second kappa shape index (κ2) is 3.93. The van der Waals surface area contributed by atoms with E-state index < -0.39 is 0 Å². The van der Waals surface area contributed by atoms with Crippen molar-refractivity contribution in [3.63, 3.8) is 0 Å². The van der Waals surface area contributed by atoms with Crippen LogP contribution in [-0.4, -0.2) is 23.2 Å². The summed E-state index contributed by atoms with van der Waals surface area (Å²) in [6.07, 6.45) is 6.19. The zero-order valence-corrected chi connectivity index (χ0v) is 8.91. The molecule has 1 atom stereocenters. The van der Waals surface area contributed by atoms with Gasteiger partial charge in [0.05, 0.1) is 5.92 Å². The van der Waals surface area contributed by atoms with E-state index in [2.05, 4.69) is 15.5 Å². The average Bonchev–Trinajstić information content (AvgIpc) is 2.66. The van der Waals surface area contributed by atoms with Gasteiger partial charge >= 0.3 is 0 Å². The predicted molar refractivity (Wildman–Crippen MR) is 55.7 cm³/mol. The molecular formula is C11H17N3O. The minimum absolute atomic E-state index is 0.445. The Morgan fingerprint density at radius 1 is 1.13 bits per heavy atom. The van der Waals surface area contributed by atoms with Gasteiger partial charge in [0, 0.05) is 12.5 Å². The fraction of sp³-hybridized carbons (Fsp3) is 0.818. The minimum Gasteiger partial charge on any atom is -0.339 e. The molecule has 2 fully saturated rings. The van der Waals surface area contributed by atoms with E-state index in [0.717, 1.165) is 24.8 Å². The Morgan fingerprint density at radius 2 is 2.00 bits per heavy atom. The van der Waals surface area contributed by atoms with Crippen molar-refractivity contribution in [3.8, 4) is 0 Å². The quantitative estimate of drug-likeness (QED) is 0.803. The molecule has 0 bridgehead atoms. The van der Waals surface area contributed by atoms with E-state index in [1.807, 2.05) is 0 Å². The Morgan fingerprint density at radius 3 is 2.67 bits per heavy atom. The SMILES string of the molecule is C1CC(c2noc([C@@H]3CCCNC3)n2)C1. The lowest BCUT2D eigenvalue weighted by Crippen LogP contribution is -2.28. The van der Waals surface area contributed by atoms with Crippen molar-refractivity contribution in [3.05, 3.63) is 11.7 Å². The lowest BCUT2D eigenvalue weighted by atomic mass is 9.85. The molecule has 4 nitrogen and oxygen atoms in total. The molecule has 1 saturated heterocycles. The molecule has 4 heteroatoms. The first-order chi connectivity index (χ1) is 7.43. The Balaban J connectivity index is 1.71. The Hall–Kier alpha value is -0.900. The molecule has 82 valence electrons. The van der Waals surface area contributed by atoms with Crippen LogP contribution in [0.25, 0.3) is 0 Å². The van der Waals surface area contributed by atoms with Crippen molar-refractivity contribution in [2.45, 2.75) is 43.9 Å². The van der Waals surface area contributed by atoms with Gasteiger partial charge in [-0.2, -0.15) is 4.98 Å². The van der Waals surface area contributed by atoms with Crippen molar-refractivity contribution in [2.75, 3.05) is 13.1 Å². The van der Waals surface area contributed by atoms with Crippen LogP contribution < -0.4 is 5.32 Å². The number of aromatic nitrogens is 2. The van der Waals surface area contributed by atoms with Crippen LogP contribution in [0.5, 0.6) is 0 Å². The monoisotopic (exact) mass is 207 g/mol. The summed E-state index contributed by atoms with van der Waals surface area (Å²) >= 11 is 0. The Kier molecular flexibility index (Phi) is 2.44. The number of rotatable bonds is 2. The highest BCUT2D eigenvalue weighted by atomic mass is 16.5. The van der Waals surface area contributed by atoms with Gasteiger partial charge in [-0.25, -0.2) is 0 Å². The van der Waals surface area contributed by atoms with Crippen molar-refractivity contribution < 1.29 is 4.52 Å². The molecule has 1 N–H and O–H groups in total. The maximum Gasteiger partial charge on any atom is 0.231 e. The highest BCUT2D eigenvalue weighted by Gasteiger charge is 2.27. The van der Waals surface area contributed by atoms with E-state index in [0.29, 0.717) is 11.8 Å². The third-order valence-corrected chi connectivity index (χ3v) is 3.57. The Labute approximate surface area is 89.4 Å². The van der Waals surface area contributed by atoms with Crippen LogP contribution in [-0.2, 0) is 0 Å². The molecule has 0 amide bonds. The zero-order valence-electron chi connectivity index (χ0n) is 8.91. The van der Waals surface area contributed by atoms with E-state index in [9.17, 15) is 0 Å². The number of nitrogens with zero attached hydrogens (tertiary/aromatic N) is 2. The van der Waals surface area contributed by atoms with Crippen molar-refractivity contribution in [1.82, 2.24) is 15.5 Å². The van der Waals surface area contributed by atoms with Gasteiger partial charge < -0.3 is 9.84 Å². The van der Waals surface area contributed by atoms with Crippen LogP contribution in [0.4, 0.5) is 0 Å². The molecule has 0 unspecified atom stereocenters. The van der Waals surface area contributed by atoms with E-state index in [-0.39, 0.29) is 0 Å². The van der Waals surface area contributed by atoms with E-state index in [4.69, 9.17) is 4.52 Å². The molecular weight excluding hydrogens is 190 g/mol. The highest BCUT2D eigenvalue weighted by Crippen LogP contribution is 2.35. The van der Waals surface area contributed by atoms with Crippen molar-refractivity contribution in [1.29, 1.82) is 0 Å². The van der Waals surface area contributed by atoms with Gasteiger partial charge in [-0.1, -0.05) is 11.6 Å². The van der Waals surface area contributed by atoms with Gasteiger partial charge in [0.2, 0.25) is 5.89 Å². The summed E-state index contributed by atoms with van der Waals surface area (Å²) in [7, 11) is 0. The lowest BCUT2D eigenvalue weighted by molar-refractivity contribution is 0.313. The molecule has 1 aromatic heterocycles. The van der Waals surface area contributed by atoms with Gasteiger partial charge in [-0.15, -0.1) is 0 Å². The standard InChI is InChI=1S/C11H17N3O/c1-3-8(4-1)10-13-11(15-14-10)9-5-2-6-12-7-9/h8-9,12H,1-7H2/t9-/m1/s1. The van der Waals surface area contributed by atoms with Crippen LogP contribution in [0.2, 0.25) is 0 Å². The Bertz CT molecular complexity index is 326. The summed E-state index contributed by atoms with van der Waals surface area (Å²) in [4.78, 5) is 4.54. The van der Waals surface area contributed by atoms with E-state index in [1.54, 1.807) is 0 Å². The first kappa shape index (κ1) is 9.33. The van der Waals surface area contributed by atoms with Crippen LogP contribution in [0.3, 0.4) is 0 Å². The van der Waals surface area contributed by atoms with Crippen LogP contribution in [0.15, 0.2) is 4.52 Å². The molecule has 0 aromatic carbocycles. The van der Waals surface area contributed by atoms with Crippen molar-refractivity contribution >= 4 is 0 Å². The topological polar surface area (TPSA) is 51.0 Å². The van der Waals surface area contributed by atoms with Gasteiger partial charge in [-0.05, 0) is 32.2 Å². The maximum absolute atomic E-state index is 5.36. The van der Waals surface area contributed by atoms with Crippen LogP contribution >= 0.6 is 0 Å². The van der Waals surface area contributed by atoms with Crippen LogP contribution in [0.1, 0.15) is 55.7 Å². The minimum atomic E-state index is 0.445. The van der Waals surface area contributed by atoms with Gasteiger partial charge in [0.25, 0.3) is 0 Å². The summed E-state index contributed by atoms with van der Waals surface area (Å²) in [5.41, 5.74) is 0. The molecule has 1 saturated carbocycles. The number of nitrogens with one attached hydrogen (secondary N) is 1. The second-order valence-corrected chi connectivity index (χ2v) is 4.66. The van der Waals surface area contributed by atoms with Gasteiger partial charge in [0.1, 0.15) is 0 Å². The summed E-state index contributed by atoms with van der Waals surface area (Å²) < 4.78 is 5.36. The molecule has 1 aliphatic heterocycles. The summed E-state index contributed by atoms with van der Waals surface area (Å²) in [6, 6.07) is 0. The molecule has 0 spiro atoms. The average molecular weight is 207 g/mol. The molecule has 2 heterocycles. The molecule has 2 aliphatic rings. The van der Waals surface area contributed by atoms with Crippen LogP contribution in [0, 0.1) is 0 Å². The number of hydrogen-bond acceptors (Lipinski definition) is 4. The van der Waals surface area contributed by atoms with Crippen molar-refractivity contribution in [2.24, 2.45) is 0 Å². The maximum atomic E-state index is 5.36. The number of piperidine rings is 1.